The summed E-state index contributed by atoms with van der Waals surface area (Å²) in [5.74, 6) is 6.74. The second-order valence-electron chi connectivity index (χ2n) is 4.07. The number of nitrogens with zero attached hydrogens (tertiary/aromatic N) is 1. The fraction of sp³-hybridized carbons (Fsp3) is 0.417. The van der Waals surface area contributed by atoms with E-state index in [0.29, 0.717) is 10.9 Å². The van der Waals surface area contributed by atoms with Gasteiger partial charge in [-0.15, -0.1) is 0 Å². The van der Waals surface area contributed by atoms with E-state index < -0.39 is 0 Å². The van der Waals surface area contributed by atoms with Crippen molar-refractivity contribution >= 4 is 23.1 Å². The fourth-order valence-corrected chi connectivity index (χ4v) is 2.42. The van der Waals surface area contributed by atoms with Crippen LogP contribution in [-0.2, 0) is 0 Å². The van der Waals surface area contributed by atoms with Gasteiger partial charge in [-0.25, -0.2) is 10.8 Å². The standard InChI is InChI=1S/C12H16ClN3/c1-2-4-8-7-11(16-14)15-12-9(8)5-3-6-10(12)13/h3,5-6,8H,2,4,7,14H2,1H3,(H,15,16). The van der Waals surface area contributed by atoms with Gasteiger partial charge in [0.25, 0.3) is 0 Å². The Kier molecular flexibility index (Phi) is 3.46. The molecule has 0 aliphatic carbocycles. The first kappa shape index (κ1) is 11.4. The van der Waals surface area contributed by atoms with Gasteiger partial charge in [-0.05, 0) is 24.0 Å². The van der Waals surface area contributed by atoms with Gasteiger partial charge in [0.15, 0.2) is 0 Å². The van der Waals surface area contributed by atoms with Gasteiger partial charge >= 0.3 is 0 Å². The van der Waals surface area contributed by atoms with Crippen molar-refractivity contribution in [3.05, 3.63) is 28.8 Å². The Bertz CT molecular complexity index is 415. The number of nitrogens with one attached hydrogen (secondary N) is 1. The van der Waals surface area contributed by atoms with E-state index in [1.165, 1.54) is 5.56 Å². The molecule has 0 spiro atoms. The maximum absolute atomic E-state index is 6.15. The van der Waals surface area contributed by atoms with E-state index in [1.54, 1.807) is 0 Å². The molecule has 4 heteroatoms. The number of aliphatic imine (C=N–C) groups is 1. The lowest BCUT2D eigenvalue weighted by atomic mass is 9.88. The lowest BCUT2D eigenvalue weighted by molar-refractivity contribution is 0.619. The molecule has 0 fully saturated rings. The Morgan fingerprint density at radius 3 is 3.06 bits per heavy atom. The topological polar surface area (TPSA) is 50.4 Å². The molecular formula is C12H16ClN3. The molecule has 1 aromatic carbocycles. The van der Waals surface area contributed by atoms with Crippen molar-refractivity contribution in [2.75, 3.05) is 0 Å². The SMILES string of the molecule is CCCC1CC(NN)=Nc2c(Cl)cccc21. The Morgan fingerprint density at radius 2 is 2.38 bits per heavy atom. The highest BCUT2D eigenvalue weighted by molar-refractivity contribution is 6.33. The summed E-state index contributed by atoms with van der Waals surface area (Å²) in [7, 11) is 0. The smallest absolute Gasteiger partial charge is 0.117 e. The van der Waals surface area contributed by atoms with Crippen LogP contribution in [0.1, 0.15) is 37.7 Å². The number of hydrogen-bond donors (Lipinski definition) is 2. The predicted octanol–water partition coefficient (Wildman–Crippen LogP) is 3.12. The molecule has 0 radical (unpaired) electrons. The first-order valence-corrected chi connectivity index (χ1v) is 5.96. The lowest BCUT2D eigenvalue weighted by Gasteiger charge is -2.24. The van der Waals surface area contributed by atoms with E-state index in [4.69, 9.17) is 17.4 Å². The lowest BCUT2D eigenvalue weighted by Crippen LogP contribution is -2.32. The van der Waals surface area contributed by atoms with E-state index in [1.807, 2.05) is 12.1 Å². The summed E-state index contributed by atoms with van der Waals surface area (Å²) in [6, 6.07) is 5.96. The largest absolute Gasteiger partial charge is 0.312 e. The van der Waals surface area contributed by atoms with Gasteiger partial charge in [-0.1, -0.05) is 37.1 Å². The maximum atomic E-state index is 6.15. The molecule has 1 heterocycles. The van der Waals surface area contributed by atoms with Crippen LogP contribution in [0.5, 0.6) is 0 Å². The molecule has 3 N–H and O–H groups in total. The van der Waals surface area contributed by atoms with Crippen molar-refractivity contribution in [2.24, 2.45) is 10.8 Å². The molecule has 0 amide bonds. The summed E-state index contributed by atoms with van der Waals surface area (Å²) >= 11 is 6.15. The highest BCUT2D eigenvalue weighted by Gasteiger charge is 2.23. The Labute approximate surface area is 101 Å². The van der Waals surface area contributed by atoms with Crippen molar-refractivity contribution in [1.82, 2.24) is 5.43 Å². The zero-order chi connectivity index (χ0) is 11.5. The normalized spacial score (nSPS) is 18.9. The van der Waals surface area contributed by atoms with Gasteiger partial charge in [-0.3, -0.25) is 0 Å². The molecule has 0 bridgehead atoms. The molecule has 1 atom stereocenters. The second-order valence-corrected chi connectivity index (χ2v) is 4.48. The monoisotopic (exact) mass is 237 g/mol. The quantitative estimate of drug-likeness (QED) is 0.613. The van der Waals surface area contributed by atoms with E-state index in [2.05, 4.69) is 23.4 Å². The molecule has 86 valence electrons. The van der Waals surface area contributed by atoms with E-state index >= 15 is 0 Å². The number of amidine groups is 1. The van der Waals surface area contributed by atoms with Crippen LogP contribution >= 0.6 is 11.6 Å². The van der Waals surface area contributed by atoms with E-state index in [0.717, 1.165) is 30.8 Å². The molecule has 0 saturated carbocycles. The third-order valence-corrected chi connectivity index (χ3v) is 3.25. The number of rotatable bonds is 2. The fourth-order valence-electron chi connectivity index (χ4n) is 2.20. The van der Waals surface area contributed by atoms with Crippen molar-refractivity contribution in [1.29, 1.82) is 0 Å². The highest BCUT2D eigenvalue weighted by Crippen LogP contribution is 2.40. The summed E-state index contributed by atoms with van der Waals surface area (Å²) in [5.41, 5.74) is 4.77. The third kappa shape index (κ3) is 2.06. The predicted molar refractivity (Wildman–Crippen MR) is 68.1 cm³/mol. The Balaban J connectivity index is 2.44. The van der Waals surface area contributed by atoms with Crippen LogP contribution in [0.25, 0.3) is 0 Å². The van der Waals surface area contributed by atoms with Crippen molar-refractivity contribution < 1.29 is 0 Å². The molecule has 0 aromatic heterocycles. The summed E-state index contributed by atoms with van der Waals surface area (Å²) in [5, 5.41) is 0.700. The maximum Gasteiger partial charge on any atom is 0.117 e. The molecule has 1 aliphatic rings. The summed E-state index contributed by atoms with van der Waals surface area (Å²) < 4.78 is 0. The van der Waals surface area contributed by atoms with Crippen LogP contribution < -0.4 is 11.3 Å². The number of hydrazine groups is 1. The molecule has 16 heavy (non-hydrogen) atoms. The molecule has 1 aromatic rings. The molecule has 1 aliphatic heterocycles. The first-order chi connectivity index (χ1) is 7.76. The zero-order valence-corrected chi connectivity index (χ0v) is 10.1. The average molecular weight is 238 g/mol. The number of halogens is 1. The molecule has 0 saturated heterocycles. The van der Waals surface area contributed by atoms with Gasteiger partial charge in [0.1, 0.15) is 5.84 Å². The molecule has 1 unspecified atom stereocenters. The summed E-state index contributed by atoms with van der Waals surface area (Å²) in [6.45, 7) is 2.19. The van der Waals surface area contributed by atoms with Crippen molar-refractivity contribution in [3.8, 4) is 0 Å². The van der Waals surface area contributed by atoms with E-state index in [-0.39, 0.29) is 0 Å². The van der Waals surface area contributed by atoms with Crippen LogP contribution in [0.15, 0.2) is 23.2 Å². The Morgan fingerprint density at radius 1 is 1.56 bits per heavy atom. The minimum Gasteiger partial charge on any atom is -0.312 e. The Hall–Kier alpha value is -1.06. The molecular weight excluding hydrogens is 222 g/mol. The van der Waals surface area contributed by atoms with Gasteiger partial charge in [-0.2, -0.15) is 0 Å². The minimum atomic E-state index is 0.474. The zero-order valence-electron chi connectivity index (χ0n) is 9.33. The summed E-state index contributed by atoms with van der Waals surface area (Å²) in [4.78, 5) is 4.44. The van der Waals surface area contributed by atoms with Gasteiger partial charge in [0, 0.05) is 6.42 Å². The van der Waals surface area contributed by atoms with Gasteiger partial charge in [0.2, 0.25) is 0 Å². The van der Waals surface area contributed by atoms with Crippen LogP contribution in [0.3, 0.4) is 0 Å². The highest BCUT2D eigenvalue weighted by atomic mass is 35.5. The first-order valence-electron chi connectivity index (χ1n) is 5.58. The number of nitrogens with two attached hydrogens (primary N) is 1. The minimum absolute atomic E-state index is 0.474. The van der Waals surface area contributed by atoms with E-state index in [9.17, 15) is 0 Å². The van der Waals surface area contributed by atoms with Crippen LogP contribution in [0.4, 0.5) is 5.69 Å². The van der Waals surface area contributed by atoms with Gasteiger partial charge < -0.3 is 5.43 Å². The van der Waals surface area contributed by atoms with Crippen molar-refractivity contribution in [2.45, 2.75) is 32.1 Å². The van der Waals surface area contributed by atoms with Crippen LogP contribution in [-0.4, -0.2) is 5.84 Å². The third-order valence-electron chi connectivity index (χ3n) is 2.95. The number of benzene rings is 1. The van der Waals surface area contributed by atoms with Crippen molar-refractivity contribution in [3.63, 3.8) is 0 Å². The average Bonchev–Trinajstić information content (AvgIpc) is 2.30. The number of hydrogen-bond acceptors (Lipinski definition) is 3. The number of fused-ring (bicyclic) bond motifs is 1. The summed E-state index contributed by atoms with van der Waals surface area (Å²) in [6.07, 6.45) is 3.15. The van der Waals surface area contributed by atoms with Gasteiger partial charge in [0.05, 0.1) is 10.7 Å². The molecule has 3 nitrogen and oxygen atoms in total. The van der Waals surface area contributed by atoms with Crippen LogP contribution in [0.2, 0.25) is 5.02 Å². The molecule has 2 rings (SSSR count). The van der Waals surface area contributed by atoms with Crippen LogP contribution in [0, 0.1) is 0 Å². The number of para-hydroxylation sites is 1. The second kappa shape index (κ2) is 4.85.